The van der Waals surface area contributed by atoms with Crippen LogP contribution in [0.15, 0.2) is 28.7 Å². The summed E-state index contributed by atoms with van der Waals surface area (Å²) in [5.74, 6) is 0.665. The standard InChI is InChI=1S/C10H12BrClO/c11-10-4-1-3-9(7-10)8-13-6-2-5-12/h1,3-4,7H,2,5-6,8H2. The number of benzene rings is 1. The molecule has 1 aromatic carbocycles. The van der Waals surface area contributed by atoms with Gasteiger partial charge in [-0.3, -0.25) is 0 Å². The van der Waals surface area contributed by atoms with Gasteiger partial charge < -0.3 is 4.74 Å². The molecule has 1 nitrogen and oxygen atoms in total. The molecule has 0 atom stereocenters. The van der Waals surface area contributed by atoms with Crippen LogP contribution in [0.25, 0.3) is 0 Å². The molecule has 13 heavy (non-hydrogen) atoms. The van der Waals surface area contributed by atoms with Crippen LogP contribution in [0.5, 0.6) is 0 Å². The molecule has 0 saturated carbocycles. The Labute approximate surface area is 92.2 Å². The molecule has 0 unspecified atom stereocenters. The van der Waals surface area contributed by atoms with Gasteiger partial charge in [0.15, 0.2) is 0 Å². The molecule has 1 aromatic rings. The fourth-order valence-corrected chi connectivity index (χ4v) is 1.53. The van der Waals surface area contributed by atoms with Gasteiger partial charge in [0.05, 0.1) is 6.61 Å². The van der Waals surface area contributed by atoms with Crippen LogP contribution in [0.2, 0.25) is 0 Å². The minimum Gasteiger partial charge on any atom is -0.377 e. The molecule has 0 N–H and O–H groups in total. The van der Waals surface area contributed by atoms with Crippen LogP contribution in [0.1, 0.15) is 12.0 Å². The molecule has 0 aliphatic rings. The molecule has 0 fully saturated rings. The van der Waals surface area contributed by atoms with Gasteiger partial charge in [-0.05, 0) is 24.1 Å². The zero-order valence-corrected chi connectivity index (χ0v) is 9.64. The second-order valence-electron chi connectivity index (χ2n) is 2.73. The van der Waals surface area contributed by atoms with Crippen molar-refractivity contribution in [3.63, 3.8) is 0 Å². The van der Waals surface area contributed by atoms with Crippen molar-refractivity contribution < 1.29 is 4.74 Å². The van der Waals surface area contributed by atoms with Gasteiger partial charge >= 0.3 is 0 Å². The van der Waals surface area contributed by atoms with E-state index in [0.717, 1.165) is 17.5 Å². The first-order chi connectivity index (χ1) is 6.33. The molecule has 0 aromatic heterocycles. The summed E-state index contributed by atoms with van der Waals surface area (Å²) in [6.07, 6.45) is 0.912. The maximum Gasteiger partial charge on any atom is 0.0717 e. The first-order valence-corrected chi connectivity index (χ1v) is 5.54. The van der Waals surface area contributed by atoms with Crippen molar-refractivity contribution in [3.8, 4) is 0 Å². The summed E-state index contributed by atoms with van der Waals surface area (Å²) >= 11 is 8.93. The van der Waals surface area contributed by atoms with E-state index in [1.54, 1.807) is 0 Å². The molecule has 0 aliphatic carbocycles. The van der Waals surface area contributed by atoms with Gasteiger partial charge in [-0.1, -0.05) is 28.1 Å². The SMILES string of the molecule is ClCCCOCc1cccc(Br)c1. The molecule has 0 aliphatic heterocycles. The van der Waals surface area contributed by atoms with Crippen molar-refractivity contribution >= 4 is 27.5 Å². The normalized spacial score (nSPS) is 10.3. The Morgan fingerprint density at radius 2 is 2.23 bits per heavy atom. The second kappa shape index (κ2) is 6.41. The third kappa shape index (κ3) is 4.65. The minimum absolute atomic E-state index is 0.663. The van der Waals surface area contributed by atoms with Gasteiger partial charge in [0.2, 0.25) is 0 Å². The molecular weight excluding hydrogens is 251 g/mol. The lowest BCUT2D eigenvalue weighted by atomic mass is 10.2. The molecular formula is C10H12BrClO. The van der Waals surface area contributed by atoms with Gasteiger partial charge in [-0.15, -0.1) is 11.6 Å². The van der Waals surface area contributed by atoms with Gasteiger partial charge in [-0.2, -0.15) is 0 Å². The smallest absolute Gasteiger partial charge is 0.0717 e. The van der Waals surface area contributed by atoms with Crippen LogP contribution >= 0.6 is 27.5 Å². The quantitative estimate of drug-likeness (QED) is 0.583. The number of hydrogen-bond acceptors (Lipinski definition) is 1. The average Bonchev–Trinajstić information content (AvgIpc) is 2.13. The lowest BCUT2D eigenvalue weighted by Gasteiger charge is -2.03. The van der Waals surface area contributed by atoms with E-state index in [1.807, 2.05) is 18.2 Å². The fourth-order valence-electron chi connectivity index (χ4n) is 0.973. The Kier molecular flexibility index (Phi) is 5.44. The van der Waals surface area contributed by atoms with Crippen molar-refractivity contribution in [2.75, 3.05) is 12.5 Å². The van der Waals surface area contributed by atoms with E-state index < -0.39 is 0 Å². The van der Waals surface area contributed by atoms with Crippen LogP contribution in [0.4, 0.5) is 0 Å². The molecule has 1 rings (SSSR count). The zero-order chi connectivity index (χ0) is 9.52. The molecule has 0 amide bonds. The summed E-state index contributed by atoms with van der Waals surface area (Å²) in [5.41, 5.74) is 1.18. The Hall–Kier alpha value is -0.0500. The Morgan fingerprint density at radius 3 is 2.92 bits per heavy atom. The maximum absolute atomic E-state index is 5.52. The number of ether oxygens (including phenoxy) is 1. The first kappa shape index (κ1) is 11.0. The summed E-state index contributed by atoms with van der Waals surface area (Å²) < 4.78 is 6.50. The van der Waals surface area contributed by atoms with E-state index in [2.05, 4.69) is 22.0 Å². The van der Waals surface area contributed by atoms with Crippen LogP contribution in [-0.2, 0) is 11.3 Å². The highest BCUT2D eigenvalue weighted by atomic mass is 79.9. The number of halogens is 2. The molecule has 0 saturated heterocycles. The highest BCUT2D eigenvalue weighted by Crippen LogP contribution is 2.12. The number of alkyl halides is 1. The van der Waals surface area contributed by atoms with E-state index in [4.69, 9.17) is 16.3 Å². The van der Waals surface area contributed by atoms with E-state index in [0.29, 0.717) is 12.5 Å². The lowest BCUT2D eigenvalue weighted by molar-refractivity contribution is 0.122. The highest BCUT2D eigenvalue weighted by Gasteiger charge is 1.93. The summed E-state index contributed by atoms with van der Waals surface area (Å²) in [6.45, 7) is 1.40. The molecule has 0 radical (unpaired) electrons. The molecule has 72 valence electrons. The number of rotatable bonds is 5. The zero-order valence-electron chi connectivity index (χ0n) is 7.30. The molecule has 0 bridgehead atoms. The van der Waals surface area contributed by atoms with E-state index in [-0.39, 0.29) is 0 Å². The Balaban J connectivity index is 2.28. The van der Waals surface area contributed by atoms with Gasteiger partial charge in [0.1, 0.15) is 0 Å². The molecule has 0 heterocycles. The van der Waals surface area contributed by atoms with Crippen LogP contribution in [0.3, 0.4) is 0 Å². The first-order valence-electron chi connectivity index (χ1n) is 4.21. The monoisotopic (exact) mass is 262 g/mol. The van der Waals surface area contributed by atoms with Crippen molar-refractivity contribution in [2.45, 2.75) is 13.0 Å². The van der Waals surface area contributed by atoms with Crippen molar-refractivity contribution in [3.05, 3.63) is 34.3 Å². The Bertz CT molecular complexity index is 252. The van der Waals surface area contributed by atoms with Crippen molar-refractivity contribution in [2.24, 2.45) is 0 Å². The maximum atomic E-state index is 5.52. The van der Waals surface area contributed by atoms with Crippen LogP contribution in [0, 0.1) is 0 Å². The second-order valence-corrected chi connectivity index (χ2v) is 4.02. The summed E-state index contributed by atoms with van der Waals surface area (Å²) in [4.78, 5) is 0. The van der Waals surface area contributed by atoms with Crippen molar-refractivity contribution in [1.82, 2.24) is 0 Å². The summed E-state index contributed by atoms with van der Waals surface area (Å²) in [7, 11) is 0. The summed E-state index contributed by atoms with van der Waals surface area (Å²) in [6, 6.07) is 8.11. The van der Waals surface area contributed by atoms with E-state index >= 15 is 0 Å². The lowest BCUT2D eigenvalue weighted by Crippen LogP contribution is -1.95. The average molecular weight is 264 g/mol. The predicted molar refractivity (Wildman–Crippen MR) is 59.1 cm³/mol. The summed E-state index contributed by atoms with van der Waals surface area (Å²) in [5, 5.41) is 0. The fraction of sp³-hybridized carbons (Fsp3) is 0.400. The van der Waals surface area contributed by atoms with E-state index in [1.165, 1.54) is 5.56 Å². The third-order valence-corrected chi connectivity index (χ3v) is 2.34. The largest absolute Gasteiger partial charge is 0.377 e. The van der Waals surface area contributed by atoms with Gasteiger partial charge in [0, 0.05) is 17.0 Å². The van der Waals surface area contributed by atoms with Gasteiger partial charge in [0.25, 0.3) is 0 Å². The minimum atomic E-state index is 0.663. The van der Waals surface area contributed by atoms with Crippen LogP contribution in [-0.4, -0.2) is 12.5 Å². The Morgan fingerprint density at radius 1 is 1.38 bits per heavy atom. The molecule has 3 heteroatoms. The number of hydrogen-bond donors (Lipinski definition) is 0. The van der Waals surface area contributed by atoms with Crippen LogP contribution < -0.4 is 0 Å². The topological polar surface area (TPSA) is 9.23 Å². The molecule has 0 spiro atoms. The highest BCUT2D eigenvalue weighted by molar-refractivity contribution is 9.10. The van der Waals surface area contributed by atoms with Crippen molar-refractivity contribution in [1.29, 1.82) is 0 Å². The van der Waals surface area contributed by atoms with Gasteiger partial charge in [-0.25, -0.2) is 0 Å². The third-order valence-electron chi connectivity index (χ3n) is 1.58. The predicted octanol–water partition coefficient (Wildman–Crippen LogP) is 3.59. The van der Waals surface area contributed by atoms with E-state index in [9.17, 15) is 0 Å².